The Kier molecular flexibility index (Phi) is 3.13. The molecule has 0 N–H and O–H groups in total. The van der Waals surface area contributed by atoms with Gasteiger partial charge in [0.2, 0.25) is 5.82 Å². The van der Waals surface area contributed by atoms with Crippen molar-refractivity contribution < 1.29 is 14.1 Å². The third-order valence-electron chi connectivity index (χ3n) is 2.41. The van der Waals surface area contributed by atoms with Gasteiger partial charge in [0, 0.05) is 25.0 Å². The van der Waals surface area contributed by atoms with Crippen LogP contribution in [0.1, 0.15) is 16.2 Å². The van der Waals surface area contributed by atoms with Crippen LogP contribution in [0.2, 0.25) is 0 Å². The number of rotatable bonds is 4. The lowest BCUT2D eigenvalue weighted by Gasteiger charge is -2.04. The summed E-state index contributed by atoms with van der Waals surface area (Å²) in [5.41, 5.74) is -0.0563. The molecule has 0 aliphatic carbocycles. The van der Waals surface area contributed by atoms with Crippen LogP contribution >= 0.6 is 0 Å². The first-order chi connectivity index (χ1) is 8.61. The van der Waals surface area contributed by atoms with Gasteiger partial charge >= 0.3 is 5.69 Å². The van der Waals surface area contributed by atoms with E-state index in [9.17, 15) is 19.3 Å². The summed E-state index contributed by atoms with van der Waals surface area (Å²) in [4.78, 5) is 24.1. The Morgan fingerprint density at radius 3 is 2.89 bits per heavy atom. The highest BCUT2D eigenvalue weighted by Crippen LogP contribution is 2.18. The molecular formula is C11H8FN3O3. The number of nitro benzene ring substituents is 1. The minimum Gasteiger partial charge on any atom is -0.324 e. The molecule has 2 aromatic rings. The van der Waals surface area contributed by atoms with E-state index in [1.807, 2.05) is 0 Å². The molecule has 92 valence electrons. The van der Waals surface area contributed by atoms with Gasteiger partial charge in [-0.2, -0.15) is 4.39 Å². The molecule has 0 radical (unpaired) electrons. The average molecular weight is 249 g/mol. The summed E-state index contributed by atoms with van der Waals surface area (Å²) in [7, 11) is 0. The maximum atomic E-state index is 13.4. The molecule has 0 atom stereocenters. The number of aldehydes is 1. The Morgan fingerprint density at radius 1 is 1.50 bits per heavy atom. The number of carbonyl (C=O) groups is 1. The number of carbonyl (C=O) groups excluding carboxylic acids is 1. The van der Waals surface area contributed by atoms with Gasteiger partial charge in [-0.15, -0.1) is 0 Å². The first-order valence-corrected chi connectivity index (χ1v) is 5.01. The van der Waals surface area contributed by atoms with Crippen molar-refractivity contribution in [2.24, 2.45) is 0 Å². The number of nitro groups is 1. The molecule has 0 unspecified atom stereocenters. The number of hydrogen-bond donors (Lipinski definition) is 0. The fraction of sp³-hybridized carbons (Fsp3) is 0.0909. The summed E-state index contributed by atoms with van der Waals surface area (Å²) in [6.07, 6.45) is 3.61. The van der Waals surface area contributed by atoms with E-state index in [-0.39, 0.29) is 12.4 Å². The van der Waals surface area contributed by atoms with Crippen LogP contribution in [0.15, 0.2) is 30.6 Å². The molecule has 0 fully saturated rings. The lowest BCUT2D eigenvalue weighted by Crippen LogP contribution is -2.04. The maximum Gasteiger partial charge on any atom is 0.304 e. The molecule has 2 rings (SSSR count). The Hall–Kier alpha value is -2.57. The first kappa shape index (κ1) is 11.9. The molecule has 1 aromatic carbocycles. The van der Waals surface area contributed by atoms with E-state index in [1.165, 1.54) is 16.8 Å². The van der Waals surface area contributed by atoms with Gasteiger partial charge in [-0.05, 0) is 11.6 Å². The van der Waals surface area contributed by atoms with Crippen LogP contribution < -0.4 is 0 Å². The van der Waals surface area contributed by atoms with E-state index in [2.05, 4.69) is 4.98 Å². The lowest BCUT2D eigenvalue weighted by molar-refractivity contribution is -0.387. The molecule has 6 nitrogen and oxygen atoms in total. The average Bonchev–Trinajstić information content (AvgIpc) is 2.76. The van der Waals surface area contributed by atoms with Gasteiger partial charge in [-0.25, -0.2) is 4.98 Å². The quantitative estimate of drug-likeness (QED) is 0.470. The second kappa shape index (κ2) is 4.74. The van der Waals surface area contributed by atoms with E-state index < -0.39 is 16.4 Å². The number of aromatic nitrogens is 2. The number of nitrogens with zero attached hydrogens (tertiary/aromatic N) is 3. The highest BCUT2D eigenvalue weighted by atomic mass is 19.1. The van der Waals surface area contributed by atoms with Crippen molar-refractivity contribution in [3.63, 3.8) is 0 Å². The topological polar surface area (TPSA) is 78.0 Å². The largest absolute Gasteiger partial charge is 0.324 e. The first-order valence-electron chi connectivity index (χ1n) is 5.01. The molecule has 1 aromatic heterocycles. The third-order valence-corrected chi connectivity index (χ3v) is 2.41. The highest BCUT2D eigenvalue weighted by Gasteiger charge is 2.14. The van der Waals surface area contributed by atoms with Crippen molar-refractivity contribution in [3.05, 3.63) is 57.9 Å². The smallest absolute Gasteiger partial charge is 0.304 e. The van der Waals surface area contributed by atoms with Gasteiger partial charge in [0.1, 0.15) is 0 Å². The molecule has 0 amide bonds. The minimum atomic E-state index is -0.898. The maximum absolute atomic E-state index is 13.4. The van der Waals surface area contributed by atoms with Gasteiger partial charge in [-0.1, -0.05) is 6.07 Å². The summed E-state index contributed by atoms with van der Waals surface area (Å²) < 4.78 is 14.9. The van der Waals surface area contributed by atoms with E-state index in [0.717, 1.165) is 12.1 Å². The second-order valence-corrected chi connectivity index (χ2v) is 3.57. The third kappa shape index (κ3) is 2.24. The zero-order chi connectivity index (χ0) is 13.1. The number of halogens is 1. The van der Waals surface area contributed by atoms with Crippen molar-refractivity contribution in [1.82, 2.24) is 9.55 Å². The molecule has 0 saturated heterocycles. The molecule has 0 aliphatic rings. The Bertz CT molecular complexity index is 609. The normalized spacial score (nSPS) is 10.3. The lowest BCUT2D eigenvalue weighted by atomic mass is 10.2. The number of imidazole rings is 1. The summed E-state index contributed by atoms with van der Waals surface area (Å²) in [5.74, 6) is -0.681. The van der Waals surface area contributed by atoms with Gasteiger partial charge < -0.3 is 4.57 Å². The van der Waals surface area contributed by atoms with Crippen molar-refractivity contribution in [2.75, 3.05) is 0 Å². The van der Waals surface area contributed by atoms with Gasteiger partial charge in [0.05, 0.1) is 4.92 Å². The van der Waals surface area contributed by atoms with E-state index in [4.69, 9.17) is 0 Å². The molecule has 0 bridgehead atoms. The van der Waals surface area contributed by atoms with Gasteiger partial charge in [0.25, 0.3) is 0 Å². The van der Waals surface area contributed by atoms with Gasteiger partial charge in [0.15, 0.2) is 12.1 Å². The second-order valence-electron chi connectivity index (χ2n) is 3.57. The van der Waals surface area contributed by atoms with Crippen molar-refractivity contribution in [1.29, 1.82) is 0 Å². The monoisotopic (exact) mass is 249 g/mol. The van der Waals surface area contributed by atoms with Crippen LogP contribution in [-0.4, -0.2) is 20.8 Å². The molecule has 0 spiro atoms. The zero-order valence-electron chi connectivity index (χ0n) is 9.12. The molecule has 0 saturated carbocycles. The SMILES string of the molecule is O=Cc1nccn1Cc1ccc([N+](=O)[O-])c(F)c1. The fourth-order valence-electron chi connectivity index (χ4n) is 1.57. The Labute approximate surface area is 101 Å². The summed E-state index contributed by atoms with van der Waals surface area (Å²) >= 11 is 0. The van der Waals surface area contributed by atoms with Crippen LogP contribution in [0.3, 0.4) is 0 Å². The highest BCUT2D eigenvalue weighted by molar-refractivity contribution is 5.69. The number of benzene rings is 1. The molecular weight excluding hydrogens is 241 g/mol. The van der Waals surface area contributed by atoms with Gasteiger partial charge in [-0.3, -0.25) is 14.9 Å². The standard InChI is InChI=1S/C11H8FN3O3/c12-9-5-8(1-2-10(9)15(17)18)6-14-4-3-13-11(14)7-16/h1-5,7H,6H2. The molecule has 18 heavy (non-hydrogen) atoms. The summed E-state index contributed by atoms with van der Waals surface area (Å²) in [6, 6.07) is 3.62. The molecule has 0 aliphatic heterocycles. The molecule has 1 heterocycles. The Balaban J connectivity index is 2.28. The van der Waals surface area contributed by atoms with Crippen molar-refractivity contribution in [3.8, 4) is 0 Å². The van der Waals surface area contributed by atoms with Crippen LogP contribution in [-0.2, 0) is 6.54 Å². The summed E-state index contributed by atoms with van der Waals surface area (Å²) in [5, 5.41) is 10.5. The minimum absolute atomic E-state index is 0.216. The van der Waals surface area contributed by atoms with Crippen LogP contribution in [0.25, 0.3) is 0 Å². The predicted octanol–water partition coefficient (Wildman–Crippen LogP) is 1.79. The Morgan fingerprint density at radius 2 is 2.28 bits per heavy atom. The van der Waals surface area contributed by atoms with Crippen LogP contribution in [0.4, 0.5) is 10.1 Å². The predicted molar refractivity (Wildman–Crippen MR) is 59.8 cm³/mol. The van der Waals surface area contributed by atoms with Crippen LogP contribution in [0.5, 0.6) is 0 Å². The van der Waals surface area contributed by atoms with Crippen molar-refractivity contribution >= 4 is 12.0 Å². The van der Waals surface area contributed by atoms with E-state index in [1.54, 1.807) is 6.20 Å². The zero-order valence-corrected chi connectivity index (χ0v) is 9.12. The van der Waals surface area contributed by atoms with Crippen molar-refractivity contribution in [2.45, 2.75) is 6.54 Å². The van der Waals surface area contributed by atoms with E-state index >= 15 is 0 Å². The molecule has 7 heteroatoms. The van der Waals surface area contributed by atoms with E-state index in [0.29, 0.717) is 11.8 Å². The number of hydrogen-bond acceptors (Lipinski definition) is 4. The summed E-state index contributed by atoms with van der Waals surface area (Å²) in [6.45, 7) is 0.225. The fourth-order valence-corrected chi connectivity index (χ4v) is 1.57. The van der Waals surface area contributed by atoms with Crippen LogP contribution in [0, 0.1) is 15.9 Å².